The van der Waals surface area contributed by atoms with Gasteiger partial charge in [0.25, 0.3) is 0 Å². The number of rotatable bonds is 8. The molecule has 6 heteroatoms. The summed E-state index contributed by atoms with van der Waals surface area (Å²) in [5, 5.41) is 6.02. The van der Waals surface area contributed by atoms with Gasteiger partial charge < -0.3 is 10.6 Å². The van der Waals surface area contributed by atoms with Crippen molar-refractivity contribution >= 4 is 29.8 Å². The van der Waals surface area contributed by atoms with Gasteiger partial charge in [-0.2, -0.15) is 0 Å². The third kappa shape index (κ3) is 7.03. The van der Waals surface area contributed by atoms with Crippen molar-refractivity contribution in [3.63, 3.8) is 0 Å². The van der Waals surface area contributed by atoms with E-state index in [0.29, 0.717) is 11.3 Å². The molecule has 2 N–H and O–H groups in total. The zero-order valence-electron chi connectivity index (χ0n) is 14.0. The number of nitrogens with one attached hydrogen (secondary N) is 2. The molecule has 2 rings (SSSR count). The van der Waals surface area contributed by atoms with Crippen molar-refractivity contribution in [3.8, 4) is 0 Å². The molecule has 1 amide bonds. The maximum atomic E-state index is 12.8. The van der Waals surface area contributed by atoms with Crippen LogP contribution >= 0.6 is 12.4 Å². The second-order valence-corrected chi connectivity index (χ2v) is 5.46. The summed E-state index contributed by atoms with van der Waals surface area (Å²) in [6, 6.07) is 12.9. The average molecular weight is 365 g/mol. The van der Waals surface area contributed by atoms with Crippen LogP contribution in [0.4, 0.5) is 10.1 Å². The lowest BCUT2D eigenvalue weighted by atomic mass is 10.1. The molecular formula is C19H22ClFN2O2. The maximum absolute atomic E-state index is 12.8. The Bertz CT molecular complexity index is 705. The molecule has 2 aromatic rings. The van der Waals surface area contributed by atoms with E-state index in [1.54, 1.807) is 0 Å². The largest absolute Gasteiger partial charge is 0.326 e. The Balaban J connectivity index is 0.00000312. The minimum Gasteiger partial charge on any atom is -0.326 e. The van der Waals surface area contributed by atoms with Gasteiger partial charge in [0, 0.05) is 30.6 Å². The molecule has 0 aromatic heterocycles. The van der Waals surface area contributed by atoms with Crippen molar-refractivity contribution in [2.24, 2.45) is 0 Å². The predicted octanol–water partition coefficient (Wildman–Crippen LogP) is 3.96. The van der Waals surface area contributed by atoms with Crippen LogP contribution in [-0.4, -0.2) is 18.2 Å². The van der Waals surface area contributed by atoms with Crippen molar-refractivity contribution in [3.05, 3.63) is 65.5 Å². The molecule has 0 fully saturated rings. The molecule has 0 aliphatic carbocycles. The summed E-state index contributed by atoms with van der Waals surface area (Å²) >= 11 is 0. The first-order chi connectivity index (χ1) is 11.6. The van der Waals surface area contributed by atoms with Crippen LogP contribution in [0, 0.1) is 5.82 Å². The summed E-state index contributed by atoms with van der Waals surface area (Å²) in [5.74, 6) is -0.779. The third-order valence-corrected chi connectivity index (χ3v) is 3.54. The SMILES string of the molecule is CCNCc1cccc(NC(=O)CCC(=O)c2ccc(F)cc2)c1.Cl. The topological polar surface area (TPSA) is 58.2 Å². The lowest BCUT2D eigenvalue weighted by molar-refractivity contribution is -0.116. The van der Waals surface area contributed by atoms with Crippen LogP contribution in [0.5, 0.6) is 0 Å². The van der Waals surface area contributed by atoms with Crippen LogP contribution in [-0.2, 0) is 11.3 Å². The summed E-state index contributed by atoms with van der Waals surface area (Å²) < 4.78 is 12.8. The number of Topliss-reactive ketones (excluding diaryl/α,β-unsaturated/α-hetero) is 1. The van der Waals surface area contributed by atoms with Crippen molar-refractivity contribution in [1.29, 1.82) is 0 Å². The van der Waals surface area contributed by atoms with Gasteiger partial charge in [-0.05, 0) is 48.5 Å². The van der Waals surface area contributed by atoms with Crippen molar-refractivity contribution in [2.75, 3.05) is 11.9 Å². The Morgan fingerprint density at radius 1 is 1.04 bits per heavy atom. The van der Waals surface area contributed by atoms with E-state index in [0.717, 1.165) is 18.7 Å². The van der Waals surface area contributed by atoms with Gasteiger partial charge in [0.1, 0.15) is 5.82 Å². The third-order valence-electron chi connectivity index (χ3n) is 3.54. The number of benzene rings is 2. The first kappa shape index (κ1) is 20.8. The number of amides is 1. The summed E-state index contributed by atoms with van der Waals surface area (Å²) in [4.78, 5) is 24.0. The quantitative estimate of drug-likeness (QED) is 0.697. The van der Waals surface area contributed by atoms with Gasteiger partial charge in [-0.15, -0.1) is 12.4 Å². The highest BCUT2D eigenvalue weighted by Crippen LogP contribution is 2.12. The number of anilines is 1. The second-order valence-electron chi connectivity index (χ2n) is 5.46. The van der Waals surface area contributed by atoms with Gasteiger partial charge in [-0.3, -0.25) is 9.59 Å². The molecular weight excluding hydrogens is 343 g/mol. The molecule has 0 aliphatic rings. The number of ketones is 1. The molecule has 4 nitrogen and oxygen atoms in total. The van der Waals surface area contributed by atoms with E-state index < -0.39 is 0 Å². The zero-order chi connectivity index (χ0) is 17.4. The van der Waals surface area contributed by atoms with Crippen LogP contribution in [0.2, 0.25) is 0 Å². The Labute approximate surface area is 153 Å². The zero-order valence-corrected chi connectivity index (χ0v) is 14.9. The minimum absolute atomic E-state index is 0. The maximum Gasteiger partial charge on any atom is 0.224 e. The summed E-state index contributed by atoms with van der Waals surface area (Å²) in [6.45, 7) is 3.65. The first-order valence-electron chi connectivity index (χ1n) is 7.96. The number of halogens is 2. The molecule has 0 heterocycles. The number of hydrogen-bond donors (Lipinski definition) is 2. The van der Waals surface area contributed by atoms with Crippen LogP contribution in [0.1, 0.15) is 35.7 Å². The molecule has 0 aliphatic heterocycles. The highest BCUT2D eigenvalue weighted by molar-refractivity contribution is 5.99. The number of carbonyl (C=O) groups excluding carboxylic acids is 2. The molecule has 0 saturated heterocycles. The molecule has 0 unspecified atom stereocenters. The Hall–Kier alpha value is -2.24. The van der Waals surface area contributed by atoms with Gasteiger partial charge in [0.15, 0.2) is 5.78 Å². The van der Waals surface area contributed by atoms with E-state index in [2.05, 4.69) is 10.6 Å². The van der Waals surface area contributed by atoms with E-state index in [4.69, 9.17) is 0 Å². The van der Waals surface area contributed by atoms with E-state index in [9.17, 15) is 14.0 Å². The molecule has 25 heavy (non-hydrogen) atoms. The highest BCUT2D eigenvalue weighted by Gasteiger charge is 2.10. The van der Waals surface area contributed by atoms with Gasteiger partial charge in [0.05, 0.1) is 0 Å². The summed E-state index contributed by atoms with van der Waals surface area (Å²) in [7, 11) is 0. The number of hydrogen-bond acceptors (Lipinski definition) is 3. The van der Waals surface area contributed by atoms with Crippen molar-refractivity contribution < 1.29 is 14.0 Å². The highest BCUT2D eigenvalue weighted by atomic mass is 35.5. The van der Waals surface area contributed by atoms with Gasteiger partial charge in [-0.1, -0.05) is 19.1 Å². The van der Waals surface area contributed by atoms with Gasteiger partial charge in [-0.25, -0.2) is 4.39 Å². The fourth-order valence-corrected chi connectivity index (χ4v) is 2.26. The Morgan fingerprint density at radius 3 is 2.44 bits per heavy atom. The van der Waals surface area contributed by atoms with Crippen LogP contribution in [0.15, 0.2) is 48.5 Å². The molecule has 134 valence electrons. The molecule has 0 saturated carbocycles. The van der Waals surface area contributed by atoms with Crippen LogP contribution in [0.3, 0.4) is 0 Å². The Morgan fingerprint density at radius 2 is 1.76 bits per heavy atom. The first-order valence-corrected chi connectivity index (χ1v) is 7.96. The van der Waals surface area contributed by atoms with Crippen LogP contribution < -0.4 is 10.6 Å². The van der Waals surface area contributed by atoms with Gasteiger partial charge >= 0.3 is 0 Å². The van der Waals surface area contributed by atoms with E-state index in [1.165, 1.54) is 24.3 Å². The number of carbonyl (C=O) groups is 2. The van der Waals surface area contributed by atoms with Crippen molar-refractivity contribution in [1.82, 2.24) is 5.32 Å². The van der Waals surface area contributed by atoms with E-state index in [1.807, 2.05) is 31.2 Å². The van der Waals surface area contributed by atoms with Gasteiger partial charge in [0.2, 0.25) is 5.91 Å². The standard InChI is InChI=1S/C19H21FN2O2.ClH/c1-2-21-13-14-4-3-5-17(12-14)22-19(24)11-10-18(23)15-6-8-16(20)9-7-15;/h3-9,12,21H,2,10-11,13H2,1H3,(H,22,24);1H. The van der Waals surface area contributed by atoms with E-state index >= 15 is 0 Å². The summed E-state index contributed by atoms with van der Waals surface area (Å²) in [6.07, 6.45) is 0.183. The molecule has 2 aromatic carbocycles. The lowest BCUT2D eigenvalue weighted by Gasteiger charge is -2.08. The monoisotopic (exact) mass is 364 g/mol. The van der Waals surface area contributed by atoms with Crippen LogP contribution in [0.25, 0.3) is 0 Å². The smallest absolute Gasteiger partial charge is 0.224 e. The Kier molecular flexibility index (Phi) is 8.81. The fraction of sp³-hybridized carbons (Fsp3) is 0.263. The lowest BCUT2D eigenvalue weighted by Crippen LogP contribution is -2.15. The molecule has 0 radical (unpaired) electrons. The summed E-state index contributed by atoms with van der Waals surface area (Å²) in [5.41, 5.74) is 2.21. The van der Waals surface area contributed by atoms with Crippen molar-refractivity contribution in [2.45, 2.75) is 26.3 Å². The average Bonchev–Trinajstić information content (AvgIpc) is 2.59. The fourth-order valence-electron chi connectivity index (χ4n) is 2.26. The normalized spacial score (nSPS) is 10.0. The minimum atomic E-state index is -0.387. The predicted molar refractivity (Wildman–Crippen MR) is 99.7 cm³/mol. The molecule has 0 atom stereocenters. The molecule has 0 spiro atoms. The second kappa shape index (κ2) is 10.6. The van der Waals surface area contributed by atoms with E-state index in [-0.39, 0.29) is 42.8 Å². The molecule has 0 bridgehead atoms.